The van der Waals surface area contributed by atoms with Gasteiger partial charge in [0.25, 0.3) is 11.5 Å². The van der Waals surface area contributed by atoms with Crippen molar-refractivity contribution in [2.45, 2.75) is 6.54 Å². The van der Waals surface area contributed by atoms with Crippen LogP contribution < -0.4 is 10.9 Å². The Bertz CT molecular complexity index is 1560. The molecule has 0 saturated heterocycles. The first kappa shape index (κ1) is 25.6. The van der Waals surface area contributed by atoms with E-state index in [0.29, 0.717) is 21.3 Å². The van der Waals surface area contributed by atoms with E-state index >= 15 is 0 Å². The number of benzene rings is 2. The first-order valence-corrected chi connectivity index (χ1v) is 12.2. The van der Waals surface area contributed by atoms with Gasteiger partial charge < -0.3 is 15.0 Å². The molecule has 0 aliphatic heterocycles. The Labute approximate surface area is 221 Å². The number of imidazole rings is 1. The first-order valence-electron chi connectivity index (χ1n) is 11.0. The molecule has 5 aromatic rings. The Morgan fingerprint density at radius 3 is 2.24 bits per heavy atom. The molecule has 37 heavy (non-hydrogen) atoms. The van der Waals surface area contributed by atoms with Crippen LogP contribution in [0.2, 0.25) is 4.34 Å². The molecule has 0 bridgehead atoms. The van der Waals surface area contributed by atoms with Crippen LogP contribution in [0.5, 0.6) is 0 Å². The van der Waals surface area contributed by atoms with Gasteiger partial charge in [-0.05, 0) is 54.6 Å². The standard InChI is InChI=1S/C20H15ClN4O2S.C7H6O2/c21-18-9-8-17(28-18)20(27)22-11-14-12-24(13-23-14)15-4-6-16(7-5-15)25-10-2-1-3-19(25)26;8-7(9)6-4-2-1-3-5-6/h1-10,12-13H,11H2,(H,22,27);1-5H,(H,8,9). The normalized spacial score (nSPS) is 10.3. The van der Waals surface area contributed by atoms with Gasteiger partial charge in [-0.2, -0.15) is 0 Å². The number of pyridine rings is 1. The lowest BCUT2D eigenvalue weighted by Gasteiger charge is -2.07. The maximum Gasteiger partial charge on any atom is 0.335 e. The molecule has 3 aromatic heterocycles. The number of hydrogen-bond donors (Lipinski definition) is 2. The van der Waals surface area contributed by atoms with E-state index in [4.69, 9.17) is 16.7 Å². The Kier molecular flexibility index (Phi) is 8.29. The van der Waals surface area contributed by atoms with Gasteiger partial charge >= 0.3 is 5.97 Å². The van der Waals surface area contributed by atoms with Crippen molar-refractivity contribution in [3.63, 3.8) is 0 Å². The van der Waals surface area contributed by atoms with Gasteiger partial charge in [0.05, 0.1) is 33.3 Å². The highest BCUT2D eigenvalue weighted by atomic mass is 35.5. The second-order valence-corrected chi connectivity index (χ2v) is 9.37. The zero-order valence-electron chi connectivity index (χ0n) is 19.3. The van der Waals surface area contributed by atoms with Crippen LogP contribution in [0.25, 0.3) is 11.4 Å². The highest BCUT2D eigenvalue weighted by molar-refractivity contribution is 7.18. The molecular weight excluding hydrogens is 512 g/mol. The number of carboxylic acids is 1. The van der Waals surface area contributed by atoms with Crippen LogP contribution in [0.15, 0.2) is 108 Å². The van der Waals surface area contributed by atoms with E-state index in [-0.39, 0.29) is 11.5 Å². The molecule has 3 heterocycles. The van der Waals surface area contributed by atoms with Gasteiger partial charge in [0.2, 0.25) is 0 Å². The predicted octanol–water partition coefficient (Wildman–Crippen LogP) is 5.05. The quantitative estimate of drug-likeness (QED) is 0.318. The third-order valence-corrected chi connectivity index (χ3v) is 6.36. The van der Waals surface area contributed by atoms with Gasteiger partial charge in [-0.25, -0.2) is 9.78 Å². The number of thiophene rings is 1. The highest BCUT2D eigenvalue weighted by Gasteiger charge is 2.09. The number of halogens is 1. The highest BCUT2D eigenvalue weighted by Crippen LogP contribution is 2.21. The van der Waals surface area contributed by atoms with Crippen molar-refractivity contribution >= 4 is 34.8 Å². The number of nitrogens with zero attached hydrogens (tertiary/aromatic N) is 3. The van der Waals surface area contributed by atoms with Crippen LogP contribution in [0.1, 0.15) is 25.7 Å². The third kappa shape index (κ3) is 6.81. The number of aromatic nitrogens is 3. The molecule has 0 unspecified atom stereocenters. The lowest BCUT2D eigenvalue weighted by molar-refractivity contribution is 0.0696. The van der Waals surface area contributed by atoms with Crippen LogP contribution in [0, 0.1) is 0 Å². The fourth-order valence-electron chi connectivity index (χ4n) is 3.30. The van der Waals surface area contributed by atoms with Crippen LogP contribution >= 0.6 is 22.9 Å². The molecule has 8 nitrogen and oxygen atoms in total. The number of rotatable bonds is 6. The van der Waals surface area contributed by atoms with Crippen molar-refractivity contribution in [1.29, 1.82) is 0 Å². The van der Waals surface area contributed by atoms with Crippen LogP contribution in [0.4, 0.5) is 0 Å². The lowest BCUT2D eigenvalue weighted by atomic mass is 10.2. The number of aromatic carboxylic acids is 1. The molecule has 0 aliphatic rings. The molecule has 0 aliphatic carbocycles. The maximum absolute atomic E-state index is 12.1. The summed E-state index contributed by atoms with van der Waals surface area (Å²) < 4.78 is 4.02. The fraction of sp³-hybridized carbons (Fsp3) is 0.0370. The number of amides is 1. The minimum atomic E-state index is -0.879. The van der Waals surface area contributed by atoms with E-state index in [2.05, 4.69) is 10.3 Å². The molecule has 2 aromatic carbocycles. The number of carboxylic acid groups (broad SMARTS) is 1. The fourth-order valence-corrected chi connectivity index (χ4v) is 4.26. The SMILES string of the molecule is O=C(NCc1cn(-c2ccc(-n3ccccc3=O)cc2)cn1)c1ccc(Cl)s1.O=C(O)c1ccccc1. The predicted molar refractivity (Wildman–Crippen MR) is 143 cm³/mol. The molecule has 10 heteroatoms. The molecule has 0 fully saturated rings. The van der Waals surface area contributed by atoms with E-state index in [9.17, 15) is 14.4 Å². The third-order valence-electron chi connectivity index (χ3n) is 5.13. The first-order chi connectivity index (χ1) is 17.9. The summed E-state index contributed by atoms with van der Waals surface area (Å²) in [7, 11) is 0. The van der Waals surface area contributed by atoms with Crippen molar-refractivity contribution < 1.29 is 14.7 Å². The van der Waals surface area contributed by atoms with Gasteiger partial charge in [0.15, 0.2) is 0 Å². The molecule has 186 valence electrons. The summed E-state index contributed by atoms with van der Waals surface area (Å²) in [5.41, 5.74) is 2.68. The average Bonchev–Trinajstić information content (AvgIpc) is 3.58. The van der Waals surface area contributed by atoms with E-state index in [1.165, 1.54) is 17.4 Å². The second kappa shape index (κ2) is 12.0. The summed E-state index contributed by atoms with van der Waals surface area (Å²) in [6, 6.07) is 24.3. The Morgan fingerprint density at radius 1 is 0.919 bits per heavy atom. The summed E-state index contributed by atoms with van der Waals surface area (Å²) in [6.45, 7) is 0.318. The van der Waals surface area contributed by atoms with Crippen LogP contribution in [-0.2, 0) is 6.54 Å². The zero-order chi connectivity index (χ0) is 26.2. The van der Waals surface area contributed by atoms with Crippen molar-refractivity contribution in [3.8, 4) is 11.4 Å². The molecule has 2 N–H and O–H groups in total. The van der Waals surface area contributed by atoms with Gasteiger partial charge in [-0.3, -0.25) is 14.2 Å². The van der Waals surface area contributed by atoms with Crippen molar-refractivity contribution in [3.05, 3.63) is 134 Å². The van der Waals surface area contributed by atoms with Gasteiger partial charge in [0.1, 0.15) is 0 Å². The molecule has 0 spiro atoms. The molecule has 0 atom stereocenters. The number of nitrogens with one attached hydrogen (secondary N) is 1. The summed E-state index contributed by atoms with van der Waals surface area (Å²) >= 11 is 7.09. The molecule has 0 radical (unpaired) electrons. The largest absolute Gasteiger partial charge is 0.478 e. The maximum atomic E-state index is 12.1. The van der Waals surface area contributed by atoms with E-state index in [0.717, 1.165) is 17.1 Å². The summed E-state index contributed by atoms with van der Waals surface area (Å²) in [4.78, 5) is 39.1. The monoisotopic (exact) mass is 532 g/mol. The van der Waals surface area contributed by atoms with Crippen LogP contribution in [0.3, 0.4) is 0 Å². The molecular formula is C27H21ClN4O4S. The van der Waals surface area contributed by atoms with Gasteiger partial charge in [-0.15, -0.1) is 11.3 Å². The van der Waals surface area contributed by atoms with Crippen molar-refractivity contribution in [1.82, 2.24) is 19.4 Å². The van der Waals surface area contributed by atoms with Crippen molar-refractivity contribution in [2.75, 3.05) is 0 Å². The lowest BCUT2D eigenvalue weighted by Crippen LogP contribution is -2.21. The van der Waals surface area contributed by atoms with E-state index in [1.54, 1.807) is 65.6 Å². The Balaban J connectivity index is 0.000000301. The number of carbonyl (C=O) groups is 2. The minimum Gasteiger partial charge on any atom is -0.478 e. The number of hydrogen-bond acceptors (Lipinski definition) is 5. The molecule has 0 saturated carbocycles. The van der Waals surface area contributed by atoms with E-state index < -0.39 is 5.97 Å². The summed E-state index contributed by atoms with van der Waals surface area (Å²) in [5.74, 6) is -1.06. The second-order valence-electron chi connectivity index (χ2n) is 7.66. The Morgan fingerprint density at radius 2 is 1.62 bits per heavy atom. The minimum absolute atomic E-state index is 0.0806. The molecule has 1 amide bonds. The topological polar surface area (TPSA) is 106 Å². The zero-order valence-corrected chi connectivity index (χ0v) is 20.9. The van der Waals surface area contributed by atoms with Crippen LogP contribution in [-0.4, -0.2) is 31.1 Å². The summed E-state index contributed by atoms with van der Waals surface area (Å²) in [5, 5.41) is 11.2. The van der Waals surface area contributed by atoms with Gasteiger partial charge in [0, 0.05) is 29.8 Å². The van der Waals surface area contributed by atoms with Crippen molar-refractivity contribution in [2.24, 2.45) is 0 Å². The number of carbonyl (C=O) groups excluding carboxylic acids is 1. The smallest absolute Gasteiger partial charge is 0.335 e. The van der Waals surface area contributed by atoms with E-state index in [1.807, 2.05) is 41.1 Å². The average molecular weight is 533 g/mol. The summed E-state index contributed by atoms with van der Waals surface area (Å²) in [6.07, 6.45) is 5.27. The Hall–Kier alpha value is -4.47. The molecule has 5 rings (SSSR count). The van der Waals surface area contributed by atoms with Gasteiger partial charge in [-0.1, -0.05) is 35.9 Å².